The van der Waals surface area contributed by atoms with Crippen LogP contribution in [0.5, 0.6) is 0 Å². The van der Waals surface area contributed by atoms with Crippen molar-refractivity contribution in [2.45, 2.75) is 0 Å². The molecule has 0 aliphatic carbocycles. The Morgan fingerprint density at radius 3 is 1.65 bits per heavy atom. The maximum atomic E-state index is 9.72. The van der Waals surface area contributed by atoms with E-state index in [9.17, 15) is 4.11 Å². The standard InChI is InChI=1S/C48H30O/c1-3-13-31(14-4-1)35-27-36(32-15-5-2-6-16-32)29-37(28-35)47-42-21-11-9-19-40(42)46(41-20-10-12-22-43(41)47)34-24-25-39-44-26-23-33-17-7-8-18-38(33)48(44)49-45(39)30-34/h1-30H/i1D,3D,4D,7D,8D,13D,14D,17D,18D,23D,24D,25D,26D,30D. The maximum Gasteiger partial charge on any atom is 0.143 e. The third-order valence-electron chi connectivity index (χ3n) is 8.99. The van der Waals surface area contributed by atoms with E-state index in [0.29, 0.717) is 38.2 Å². The van der Waals surface area contributed by atoms with Crippen molar-refractivity contribution >= 4 is 54.3 Å². The second kappa shape index (κ2) is 11.1. The Morgan fingerprint density at radius 2 is 0.939 bits per heavy atom. The molecular formula is C48H30O. The van der Waals surface area contributed by atoms with Gasteiger partial charge in [0.05, 0.1) is 19.2 Å². The Morgan fingerprint density at radius 1 is 0.367 bits per heavy atom. The van der Waals surface area contributed by atoms with E-state index < -0.39 is 54.4 Å². The van der Waals surface area contributed by atoms with Gasteiger partial charge in [0.15, 0.2) is 0 Å². The normalized spacial score (nSPS) is 15.7. The lowest BCUT2D eigenvalue weighted by Gasteiger charge is -2.19. The van der Waals surface area contributed by atoms with Gasteiger partial charge < -0.3 is 4.42 Å². The molecule has 0 aliphatic rings. The van der Waals surface area contributed by atoms with E-state index >= 15 is 0 Å². The molecule has 0 bridgehead atoms. The van der Waals surface area contributed by atoms with E-state index in [1.54, 1.807) is 6.07 Å². The Hall–Kier alpha value is -6.44. The van der Waals surface area contributed by atoms with Crippen LogP contribution in [0.25, 0.3) is 98.8 Å². The molecular weight excluding hydrogens is 593 g/mol. The molecule has 0 radical (unpaired) electrons. The van der Waals surface area contributed by atoms with Crippen molar-refractivity contribution in [2.24, 2.45) is 0 Å². The number of rotatable bonds is 4. The van der Waals surface area contributed by atoms with Gasteiger partial charge in [-0.1, -0.05) is 145 Å². The number of hydrogen-bond acceptors (Lipinski definition) is 1. The monoisotopic (exact) mass is 636 g/mol. The minimum Gasteiger partial charge on any atom is -0.455 e. The summed E-state index contributed by atoms with van der Waals surface area (Å²) in [5, 5.41) is 2.03. The van der Waals surface area contributed by atoms with Gasteiger partial charge >= 0.3 is 0 Å². The van der Waals surface area contributed by atoms with Crippen LogP contribution in [0.3, 0.4) is 0 Å². The van der Waals surface area contributed by atoms with Gasteiger partial charge in [0.1, 0.15) is 11.2 Å². The zero-order chi connectivity index (χ0) is 44.5. The molecule has 0 saturated carbocycles. The predicted molar refractivity (Wildman–Crippen MR) is 208 cm³/mol. The second-order valence-electron chi connectivity index (χ2n) is 11.8. The number of furan rings is 1. The first-order valence-corrected chi connectivity index (χ1v) is 15.7. The molecule has 1 nitrogen and oxygen atoms in total. The van der Waals surface area contributed by atoms with Crippen LogP contribution in [0.4, 0.5) is 0 Å². The van der Waals surface area contributed by atoms with E-state index in [1.165, 1.54) is 0 Å². The van der Waals surface area contributed by atoms with Crippen LogP contribution in [0.1, 0.15) is 19.2 Å². The Bertz CT molecular complexity index is 3590. The highest BCUT2D eigenvalue weighted by Crippen LogP contribution is 2.46. The zero-order valence-corrected chi connectivity index (χ0v) is 25.6. The van der Waals surface area contributed by atoms with Crippen LogP contribution >= 0.6 is 0 Å². The molecule has 10 rings (SSSR count). The van der Waals surface area contributed by atoms with Gasteiger partial charge in [-0.3, -0.25) is 0 Å². The third kappa shape index (κ3) is 4.47. The highest BCUT2D eigenvalue weighted by atomic mass is 16.3. The summed E-state index contributed by atoms with van der Waals surface area (Å²) in [6.07, 6.45) is 0. The molecule has 10 aromatic rings. The average Bonchev–Trinajstić information content (AvgIpc) is 3.70. The molecule has 0 atom stereocenters. The maximum absolute atomic E-state index is 9.72. The minimum atomic E-state index is -0.576. The van der Waals surface area contributed by atoms with Crippen molar-refractivity contribution < 1.29 is 23.6 Å². The summed E-state index contributed by atoms with van der Waals surface area (Å²) in [6, 6.07) is 23.7. The Balaban J connectivity index is 1.32. The smallest absolute Gasteiger partial charge is 0.143 e. The number of benzene rings is 9. The van der Waals surface area contributed by atoms with Crippen molar-refractivity contribution in [1.82, 2.24) is 0 Å². The summed E-state index contributed by atoms with van der Waals surface area (Å²) in [4.78, 5) is 0. The first-order valence-electron chi connectivity index (χ1n) is 22.7. The van der Waals surface area contributed by atoms with Crippen molar-refractivity contribution in [3.05, 3.63) is 182 Å². The molecule has 0 amide bonds. The minimum absolute atomic E-state index is 0.0433. The van der Waals surface area contributed by atoms with Crippen LogP contribution in [-0.4, -0.2) is 0 Å². The zero-order valence-electron chi connectivity index (χ0n) is 39.6. The number of fused-ring (bicyclic) bond motifs is 7. The van der Waals surface area contributed by atoms with E-state index in [2.05, 4.69) is 0 Å². The molecule has 0 saturated heterocycles. The lowest BCUT2D eigenvalue weighted by molar-refractivity contribution is 0.673. The fourth-order valence-corrected chi connectivity index (χ4v) is 6.85. The summed E-state index contributed by atoms with van der Waals surface area (Å²) in [6.45, 7) is 0. The summed E-state index contributed by atoms with van der Waals surface area (Å²) in [5.41, 5.74) is 3.53. The molecule has 0 unspecified atom stereocenters. The van der Waals surface area contributed by atoms with Gasteiger partial charge in [-0.25, -0.2) is 0 Å². The molecule has 1 heteroatoms. The van der Waals surface area contributed by atoms with Gasteiger partial charge in [-0.15, -0.1) is 0 Å². The molecule has 0 N–H and O–H groups in total. The fourth-order valence-electron chi connectivity index (χ4n) is 6.85. The van der Waals surface area contributed by atoms with Gasteiger partial charge in [0, 0.05) is 16.2 Å². The molecule has 9 aromatic carbocycles. The quantitative estimate of drug-likeness (QED) is 0.175. The van der Waals surface area contributed by atoms with Crippen LogP contribution in [0.2, 0.25) is 0 Å². The molecule has 49 heavy (non-hydrogen) atoms. The van der Waals surface area contributed by atoms with E-state index in [4.69, 9.17) is 19.5 Å². The Kier molecular flexibility index (Phi) is 3.87. The summed E-state index contributed by atoms with van der Waals surface area (Å²) in [5.74, 6) is 0. The van der Waals surface area contributed by atoms with Gasteiger partial charge in [-0.2, -0.15) is 0 Å². The van der Waals surface area contributed by atoms with Gasteiger partial charge in [0.25, 0.3) is 0 Å². The molecule has 228 valence electrons. The fraction of sp³-hybridized carbons (Fsp3) is 0. The van der Waals surface area contributed by atoms with Crippen LogP contribution in [0, 0.1) is 0 Å². The first-order chi connectivity index (χ1) is 30.1. The van der Waals surface area contributed by atoms with E-state index in [-0.39, 0.29) is 74.0 Å². The SMILES string of the molecule is [2H]c1c([2H])c([2H])c(-c2cc(-c3ccccc3)cc(-c3c4ccccc4c(-c4c([2H])c([2H])c5c(oc6c7c([2H])c([2H])c([2H])c([2H])c7c([2H])c([2H])c65)c4[2H])c4ccccc34)c2)c([2H])c1[2H]. The molecule has 1 heterocycles. The first kappa shape index (κ1) is 17.1. The summed E-state index contributed by atoms with van der Waals surface area (Å²) < 4.78 is 130. The molecule has 0 spiro atoms. The third-order valence-corrected chi connectivity index (χ3v) is 8.99. The van der Waals surface area contributed by atoms with Gasteiger partial charge in [-0.05, 0) is 108 Å². The molecule has 1 aromatic heterocycles. The Labute approximate surface area is 304 Å². The predicted octanol–water partition coefficient (Wildman–Crippen LogP) is 13.7. The lowest BCUT2D eigenvalue weighted by atomic mass is 9.84. The lowest BCUT2D eigenvalue weighted by Crippen LogP contribution is -1.92. The van der Waals surface area contributed by atoms with Crippen LogP contribution in [0.15, 0.2) is 186 Å². The highest BCUT2D eigenvalue weighted by Gasteiger charge is 2.19. The summed E-state index contributed by atoms with van der Waals surface area (Å²) in [7, 11) is 0. The molecule has 0 fully saturated rings. The van der Waals surface area contributed by atoms with Gasteiger partial charge in [0.2, 0.25) is 0 Å². The van der Waals surface area contributed by atoms with Crippen molar-refractivity contribution in [3.8, 4) is 44.5 Å². The van der Waals surface area contributed by atoms with Crippen molar-refractivity contribution in [2.75, 3.05) is 0 Å². The van der Waals surface area contributed by atoms with Crippen molar-refractivity contribution in [3.63, 3.8) is 0 Å². The number of hydrogen-bond donors (Lipinski definition) is 0. The largest absolute Gasteiger partial charge is 0.455 e. The average molecular weight is 637 g/mol. The molecule has 0 aliphatic heterocycles. The second-order valence-corrected chi connectivity index (χ2v) is 11.8. The van der Waals surface area contributed by atoms with Crippen LogP contribution < -0.4 is 0 Å². The van der Waals surface area contributed by atoms with Crippen molar-refractivity contribution in [1.29, 1.82) is 0 Å². The van der Waals surface area contributed by atoms with Crippen LogP contribution in [-0.2, 0) is 0 Å². The van der Waals surface area contributed by atoms with E-state index in [1.807, 2.05) is 91.0 Å². The van der Waals surface area contributed by atoms with E-state index in [0.717, 1.165) is 16.7 Å². The highest BCUT2D eigenvalue weighted by molar-refractivity contribution is 6.22. The topological polar surface area (TPSA) is 13.1 Å². The summed E-state index contributed by atoms with van der Waals surface area (Å²) >= 11 is 0.